The first-order valence-corrected chi connectivity index (χ1v) is 9.20. The quantitative estimate of drug-likeness (QED) is 0.334. The van der Waals surface area contributed by atoms with Crippen LogP contribution in [0.25, 0.3) is 23.0 Å². The highest BCUT2D eigenvalue weighted by molar-refractivity contribution is 6.07. The SMILES string of the molecule is Cc1ccc(C(=O)C=Cc2cn(-c3ccccc3)nc2-c2ccccc2)cc1. The molecule has 0 amide bonds. The largest absolute Gasteiger partial charge is 0.289 e. The molecular formula is C25H20N2O. The molecule has 1 aromatic heterocycles. The van der Waals surface area contributed by atoms with Crippen LogP contribution in [0.4, 0.5) is 0 Å². The fourth-order valence-corrected chi connectivity index (χ4v) is 3.02. The standard InChI is InChI=1S/C25H20N2O/c1-19-12-14-20(15-13-19)24(28)17-16-22-18-27(23-10-6-3-7-11-23)26-25(22)21-8-4-2-5-9-21/h2-18H,1H3. The van der Waals surface area contributed by atoms with Crippen molar-refractivity contribution in [3.05, 3.63) is 114 Å². The van der Waals surface area contributed by atoms with E-state index in [0.29, 0.717) is 5.56 Å². The summed E-state index contributed by atoms with van der Waals surface area (Å²) in [5.41, 5.74) is 5.55. The minimum Gasteiger partial charge on any atom is -0.289 e. The molecule has 0 aliphatic heterocycles. The number of benzene rings is 3. The maximum Gasteiger partial charge on any atom is 0.185 e. The van der Waals surface area contributed by atoms with E-state index in [1.54, 1.807) is 6.08 Å². The van der Waals surface area contributed by atoms with Crippen molar-refractivity contribution in [2.45, 2.75) is 6.92 Å². The van der Waals surface area contributed by atoms with E-state index >= 15 is 0 Å². The number of para-hydroxylation sites is 1. The lowest BCUT2D eigenvalue weighted by atomic mass is 10.1. The summed E-state index contributed by atoms with van der Waals surface area (Å²) >= 11 is 0. The molecule has 0 spiro atoms. The molecule has 0 radical (unpaired) electrons. The van der Waals surface area contributed by atoms with Crippen molar-refractivity contribution in [1.29, 1.82) is 0 Å². The van der Waals surface area contributed by atoms with E-state index in [-0.39, 0.29) is 5.78 Å². The maximum absolute atomic E-state index is 12.5. The number of aryl methyl sites for hydroxylation is 1. The van der Waals surface area contributed by atoms with E-state index in [4.69, 9.17) is 5.10 Å². The van der Waals surface area contributed by atoms with Gasteiger partial charge in [0.1, 0.15) is 0 Å². The van der Waals surface area contributed by atoms with Gasteiger partial charge in [0.05, 0.1) is 11.4 Å². The first-order valence-electron chi connectivity index (χ1n) is 9.20. The molecule has 1 heterocycles. The Morgan fingerprint density at radius 2 is 1.50 bits per heavy atom. The third-order valence-corrected chi connectivity index (χ3v) is 4.56. The van der Waals surface area contributed by atoms with Gasteiger partial charge >= 0.3 is 0 Å². The second-order valence-corrected chi connectivity index (χ2v) is 6.64. The number of aromatic nitrogens is 2. The Morgan fingerprint density at radius 3 is 2.18 bits per heavy atom. The molecule has 0 fully saturated rings. The Balaban J connectivity index is 1.71. The topological polar surface area (TPSA) is 34.9 Å². The molecule has 0 aliphatic rings. The Labute approximate surface area is 164 Å². The molecule has 0 saturated heterocycles. The van der Waals surface area contributed by atoms with Crippen molar-refractivity contribution in [3.8, 4) is 16.9 Å². The van der Waals surface area contributed by atoms with Gasteiger partial charge in [-0.3, -0.25) is 4.79 Å². The number of allylic oxidation sites excluding steroid dienone is 1. The van der Waals surface area contributed by atoms with Crippen LogP contribution in [0.5, 0.6) is 0 Å². The fraction of sp³-hybridized carbons (Fsp3) is 0.0400. The number of nitrogens with zero attached hydrogens (tertiary/aromatic N) is 2. The zero-order valence-electron chi connectivity index (χ0n) is 15.6. The second kappa shape index (κ2) is 7.89. The van der Waals surface area contributed by atoms with Gasteiger partial charge < -0.3 is 0 Å². The number of carbonyl (C=O) groups is 1. The summed E-state index contributed by atoms with van der Waals surface area (Å²) in [7, 11) is 0. The van der Waals surface area contributed by atoms with Crippen LogP contribution in [0.1, 0.15) is 21.5 Å². The molecule has 0 atom stereocenters. The average molecular weight is 364 g/mol. The average Bonchev–Trinajstić information content (AvgIpc) is 3.18. The van der Waals surface area contributed by atoms with Gasteiger partial charge in [0.2, 0.25) is 0 Å². The molecule has 0 unspecified atom stereocenters. The van der Waals surface area contributed by atoms with Crippen LogP contribution in [0.15, 0.2) is 97.2 Å². The smallest absolute Gasteiger partial charge is 0.185 e. The fourth-order valence-electron chi connectivity index (χ4n) is 3.02. The van der Waals surface area contributed by atoms with E-state index in [1.807, 2.05) is 109 Å². The van der Waals surface area contributed by atoms with Crippen LogP contribution < -0.4 is 0 Å². The summed E-state index contributed by atoms with van der Waals surface area (Å²) in [5.74, 6) is -0.0218. The predicted octanol–water partition coefficient (Wildman–Crippen LogP) is 5.74. The predicted molar refractivity (Wildman–Crippen MR) is 114 cm³/mol. The Bertz CT molecular complexity index is 1110. The van der Waals surface area contributed by atoms with Crippen molar-refractivity contribution in [1.82, 2.24) is 9.78 Å². The van der Waals surface area contributed by atoms with Gasteiger partial charge in [-0.15, -0.1) is 0 Å². The molecule has 0 bridgehead atoms. The second-order valence-electron chi connectivity index (χ2n) is 6.64. The minimum absolute atomic E-state index is 0.0218. The normalized spacial score (nSPS) is 11.0. The van der Waals surface area contributed by atoms with Gasteiger partial charge in [-0.25, -0.2) is 4.68 Å². The van der Waals surface area contributed by atoms with Crippen molar-refractivity contribution in [3.63, 3.8) is 0 Å². The van der Waals surface area contributed by atoms with E-state index in [1.165, 1.54) is 0 Å². The summed E-state index contributed by atoms with van der Waals surface area (Å²) in [4.78, 5) is 12.5. The molecular weight excluding hydrogens is 344 g/mol. The Hall–Kier alpha value is -3.72. The third kappa shape index (κ3) is 3.84. The molecule has 136 valence electrons. The molecule has 0 N–H and O–H groups in total. The first kappa shape index (κ1) is 17.7. The number of ketones is 1. The van der Waals surface area contributed by atoms with E-state index in [2.05, 4.69) is 0 Å². The first-order chi connectivity index (χ1) is 13.7. The van der Waals surface area contributed by atoms with Crippen LogP contribution in [0.3, 0.4) is 0 Å². The third-order valence-electron chi connectivity index (χ3n) is 4.56. The lowest BCUT2D eigenvalue weighted by Crippen LogP contribution is -1.93. The maximum atomic E-state index is 12.5. The number of carbonyl (C=O) groups excluding carboxylic acids is 1. The van der Waals surface area contributed by atoms with Crippen LogP contribution in [0, 0.1) is 6.92 Å². The van der Waals surface area contributed by atoms with Crippen LogP contribution in [-0.2, 0) is 0 Å². The molecule has 0 saturated carbocycles. The van der Waals surface area contributed by atoms with E-state index < -0.39 is 0 Å². The molecule has 28 heavy (non-hydrogen) atoms. The number of hydrogen-bond donors (Lipinski definition) is 0. The highest BCUT2D eigenvalue weighted by Gasteiger charge is 2.11. The summed E-state index contributed by atoms with van der Waals surface area (Å²) in [5, 5.41) is 4.77. The Morgan fingerprint density at radius 1 is 0.857 bits per heavy atom. The highest BCUT2D eigenvalue weighted by atomic mass is 16.1. The van der Waals surface area contributed by atoms with Gasteiger partial charge in [0.15, 0.2) is 5.78 Å². The van der Waals surface area contributed by atoms with Gasteiger partial charge in [0, 0.05) is 22.9 Å². The lowest BCUT2D eigenvalue weighted by molar-refractivity contribution is 0.104. The lowest BCUT2D eigenvalue weighted by Gasteiger charge is -2.00. The van der Waals surface area contributed by atoms with Gasteiger partial charge in [0.25, 0.3) is 0 Å². The molecule has 4 rings (SSSR count). The molecule has 4 aromatic rings. The zero-order valence-corrected chi connectivity index (χ0v) is 15.6. The number of hydrogen-bond acceptors (Lipinski definition) is 2. The Kier molecular flexibility index (Phi) is 4.98. The van der Waals surface area contributed by atoms with Crippen LogP contribution in [-0.4, -0.2) is 15.6 Å². The van der Waals surface area contributed by atoms with Crippen molar-refractivity contribution in [2.75, 3.05) is 0 Å². The molecule has 3 nitrogen and oxygen atoms in total. The van der Waals surface area contributed by atoms with Crippen LogP contribution in [0.2, 0.25) is 0 Å². The van der Waals surface area contributed by atoms with E-state index in [9.17, 15) is 4.79 Å². The van der Waals surface area contributed by atoms with Crippen molar-refractivity contribution in [2.24, 2.45) is 0 Å². The van der Waals surface area contributed by atoms with Gasteiger partial charge in [-0.1, -0.05) is 78.4 Å². The van der Waals surface area contributed by atoms with Crippen molar-refractivity contribution < 1.29 is 4.79 Å². The molecule has 3 heteroatoms. The summed E-state index contributed by atoms with van der Waals surface area (Å²) < 4.78 is 1.85. The molecule has 0 aliphatic carbocycles. The highest BCUT2D eigenvalue weighted by Crippen LogP contribution is 2.25. The molecule has 3 aromatic carbocycles. The van der Waals surface area contributed by atoms with E-state index in [0.717, 1.165) is 28.1 Å². The minimum atomic E-state index is -0.0218. The summed E-state index contributed by atoms with van der Waals surface area (Å²) in [6, 6.07) is 27.6. The zero-order chi connectivity index (χ0) is 19.3. The van der Waals surface area contributed by atoms with Gasteiger partial charge in [-0.05, 0) is 31.2 Å². The number of rotatable bonds is 5. The monoisotopic (exact) mass is 364 g/mol. The summed E-state index contributed by atoms with van der Waals surface area (Å²) in [6.45, 7) is 2.01. The van der Waals surface area contributed by atoms with Gasteiger partial charge in [-0.2, -0.15) is 5.10 Å². The summed E-state index contributed by atoms with van der Waals surface area (Å²) in [6.07, 6.45) is 5.41. The van der Waals surface area contributed by atoms with Crippen LogP contribution >= 0.6 is 0 Å². The van der Waals surface area contributed by atoms with Crippen molar-refractivity contribution >= 4 is 11.9 Å².